The van der Waals surface area contributed by atoms with E-state index in [4.69, 9.17) is 0 Å². The Hall–Kier alpha value is -1.51. The highest BCUT2D eigenvalue weighted by Crippen LogP contribution is 2.47. The van der Waals surface area contributed by atoms with Crippen LogP contribution in [-0.2, 0) is 0 Å². The number of aryl methyl sites for hydroxylation is 1. The maximum Gasteiger partial charge on any atom is 0.253 e. The van der Waals surface area contributed by atoms with Crippen LogP contribution < -0.4 is 10.6 Å². The van der Waals surface area contributed by atoms with Crippen molar-refractivity contribution in [1.29, 1.82) is 0 Å². The van der Waals surface area contributed by atoms with E-state index in [1.165, 1.54) is 18.4 Å². The lowest BCUT2D eigenvalue weighted by Gasteiger charge is -2.16. The van der Waals surface area contributed by atoms with E-state index in [0.29, 0.717) is 5.41 Å². The highest BCUT2D eigenvalue weighted by Gasteiger charge is 2.40. The van der Waals surface area contributed by atoms with Gasteiger partial charge in [-0.25, -0.2) is 0 Å². The van der Waals surface area contributed by atoms with Gasteiger partial charge in [-0.05, 0) is 55.7 Å². The third kappa shape index (κ3) is 3.53. The van der Waals surface area contributed by atoms with Crippen LogP contribution in [0.2, 0.25) is 0 Å². The van der Waals surface area contributed by atoms with E-state index in [-0.39, 0.29) is 5.91 Å². The van der Waals surface area contributed by atoms with Gasteiger partial charge in [-0.1, -0.05) is 19.9 Å². The first-order valence-corrected chi connectivity index (χ1v) is 7.73. The van der Waals surface area contributed by atoms with Gasteiger partial charge < -0.3 is 10.6 Å². The lowest BCUT2D eigenvalue weighted by molar-refractivity contribution is 0.0945. The molecule has 1 aromatic carbocycles. The zero-order chi connectivity index (χ0) is 14.6. The van der Waals surface area contributed by atoms with Crippen LogP contribution >= 0.6 is 0 Å². The van der Waals surface area contributed by atoms with Crippen molar-refractivity contribution in [3.8, 4) is 0 Å². The van der Waals surface area contributed by atoms with Crippen molar-refractivity contribution in [2.75, 3.05) is 18.4 Å². The largest absolute Gasteiger partial charge is 0.384 e. The molecule has 0 bridgehead atoms. The zero-order valence-corrected chi connectivity index (χ0v) is 12.9. The molecule has 3 heteroatoms. The highest BCUT2D eigenvalue weighted by molar-refractivity contribution is 5.99. The predicted molar refractivity (Wildman–Crippen MR) is 84.3 cm³/mol. The van der Waals surface area contributed by atoms with Gasteiger partial charge in [0.05, 0.1) is 5.56 Å². The van der Waals surface area contributed by atoms with Crippen molar-refractivity contribution in [2.24, 2.45) is 5.41 Å². The Morgan fingerprint density at radius 1 is 1.30 bits per heavy atom. The first-order chi connectivity index (χ1) is 9.60. The van der Waals surface area contributed by atoms with Crippen LogP contribution in [-0.4, -0.2) is 19.0 Å². The molecule has 110 valence electrons. The summed E-state index contributed by atoms with van der Waals surface area (Å²) in [6.07, 6.45) is 4.70. The molecule has 20 heavy (non-hydrogen) atoms. The molecule has 1 fully saturated rings. The van der Waals surface area contributed by atoms with Gasteiger partial charge in [-0.15, -0.1) is 0 Å². The number of amides is 1. The van der Waals surface area contributed by atoms with E-state index >= 15 is 0 Å². The van der Waals surface area contributed by atoms with E-state index < -0.39 is 0 Å². The minimum atomic E-state index is 0.0447. The number of nitrogens with one attached hydrogen (secondary N) is 2. The maximum absolute atomic E-state index is 12.4. The first-order valence-electron chi connectivity index (χ1n) is 7.73. The highest BCUT2D eigenvalue weighted by atomic mass is 16.1. The number of rotatable bonds is 7. The standard InChI is InChI=1S/C17H26N2O/c1-4-10-18-15-11-13(3)6-7-14(15)16(20)19-12-17(5-2)8-9-17/h6-7,11,18H,4-5,8-10,12H2,1-3H3,(H,19,20). The van der Waals surface area contributed by atoms with E-state index in [2.05, 4.69) is 37.5 Å². The molecule has 0 spiro atoms. The van der Waals surface area contributed by atoms with Gasteiger partial charge in [0.2, 0.25) is 0 Å². The molecule has 1 aromatic rings. The van der Waals surface area contributed by atoms with E-state index in [9.17, 15) is 4.79 Å². The molecule has 2 N–H and O–H groups in total. The molecule has 2 rings (SSSR count). The number of hydrogen-bond acceptors (Lipinski definition) is 2. The van der Waals surface area contributed by atoms with Crippen LogP contribution in [0.5, 0.6) is 0 Å². The molecule has 1 aliphatic carbocycles. The molecule has 0 aromatic heterocycles. The van der Waals surface area contributed by atoms with Crippen molar-refractivity contribution in [3.05, 3.63) is 29.3 Å². The fourth-order valence-corrected chi connectivity index (χ4v) is 2.46. The lowest BCUT2D eigenvalue weighted by atomic mass is 10.0. The van der Waals surface area contributed by atoms with Crippen molar-refractivity contribution in [3.63, 3.8) is 0 Å². The average molecular weight is 274 g/mol. The minimum absolute atomic E-state index is 0.0447. The fraction of sp³-hybridized carbons (Fsp3) is 0.588. The summed E-state index contributed by atoms with van der Waals surface area (Å²) < 4.78 is 0. The summed E-state index contributed by atoms with van der Waals surface area (Å²) in [4.78, 5) is 12.4. The third-order valence-electron chi connectivity index (χ3n) is 4.32. The van der Waals surface area contributed by atoms with Crippen LogP contribution in [0.4, 0.5) is 5.69 Å². The van der Waals surface area contributed by atoms with Gasteiger partial charge in [0.25, 0.3) is 5.91 Å². The molecule has 0 heterocycles. The maximum atomic E-state index is 12.4. The number of carbonyl (C=O) groups is 1. The predicted octanol–water partition coefficient (Wildman–Crippen LogP) is 3.74. The minimum Gasteiger partial charge on any atom is -0.384 e. The zero-order valence-electron chi connectivity index (χ0n) is 12.9. The smallest absolute Gasteiger partial charge is 0.253 e. The first kappa shape index (κ1) is 14.9. The molecular formula is C17H26N2O. The van der Waals surface area contributed by atoms with Crippen molar-refractivity contribution in [1.82, 2.24) is 5.32 Å². The number of carbonyl (C=O) groups excluding carboxylic acids is 1. The molecule has 1 aliphatic rings. The normalized spacial score (nSPS) is 15.8. The van der Waals surface area contributed by atoms with Gasteiger partial charge in [-0.3, -0.25) is 4.79 Å². The van der Waals surface area contributed by atoms with Gasteiger partial charge in [0.15, 0.2) is 0 Å². The molecule has 0 radical (unpaired) electrons. The van der Waals surface area contributed by atoms with Gasteiger partial charge in [-0.2, -0.15) is 0 Å². The Labute approximate surface area is 122 Å². The van der Waals surface area contributed by atoms with E-state index in [0.717, 1.165) is 37.2 Å². The Balaban J connectivity index is 2.04. The summed E-state index contributed by atoms with van der Waals surface area (Å²) in [5, 5.41) is 6.46. The summed E-state index contributed by atoms with van der Waals surface area (Å²) in [5.41, 5.74) is 3.27. The van der Waals surface area contributed by atoms with Crippen LogP contribution in [0, 0.1) is 12.3 Å². The van der Waals surface area contributed by atoms with Crippen LogP contribution in [0.25, 0.3) is 0 Å². The molecular weight excluding hydrogens is 248 g/mol. The Morgan fingerprint density at radius 2 is 2.05 bits per heavy atom. The van der Waals surface area contributed by atoms with Crippen molar-refractivity contribution >= 4 is 11.6 Å². The second-order valence-electron chi connectivity index (χ2n) is 6.01. The second-order valence-corrected chi connectivity index (χ2v) is 6.01. The summed E-state index contributed by atoms with van der Waals surface area (Å²) in [7, 11) is 0. The molecule has 0 aliphatic heterocycles. The van der Waals surface area contributed by atoms with Crippen LogP contribution in [0.3, 0.4) is 0 Å². The summed E-state index contributed by atoms with van der Waals surface area (Å²) in [6.45, 7) is 8.08. The fourth-order valence-electron chi connectivity index (χ4n) is 2.46. The van der Waals surface area contributed by atoms with E-state index in [1.807, 2.05) is 12.1 Å². The lowest BCUT2D eigenvalue weighted by Crippen LogP contribution is -2.30. The Morgan fingerprint density at radius 3 is 2.65 bits per heavy atom. The summed E-state index contributed by atoms with van der Waals surface area (Å²) in [5.74, 6) is 0.0447. The van der Waals surface area contributed by atoms with Gasteiger partial charge in [0, 0.05) is 18.8 Å². The Bertz CT molecular complexity index is 478. The second kappa shape index (κ2) is 6.29. The molecule has 1 amide bonds. The van der Waals surface area contributed by atoms with Gasteiger partial charge in [0.1, 0.15) is 0 Å². The SMILES string of the molecule is CCCNc1cc(C)ccc1C(=O)NCC1(CC)CC1. The molecule has 3 nitrogen and oxygen atoms in total. The molecule has 0 atom stereocenters. The van der Waals surface area contributed by atoms with Crippen molar-refractivity contribution in [2.45, 2.75) is 46.5 Å². The van der Waals surface area contributed by atoms with Crippen LogP contribution in [0.1, 0.15) is 55.5 Å². The number of hydrogen-bond donors (Lipinski definition) is 2. The monoisotopic (exact) mass is 274 g/mol. The average Bonchev–Trinajstić information content (AvgIpc) is 3.23. The van der Waals surface area contributed by atoms with Crippen molar-refractivity contribution < 1.29 is 4.79 Å². The third-order valence-corrected chi connectivity index (χ3v) is 4.32. The quantitative estimate of drug-likeness (QED) is 0.795. The topological polar surface area (TPSA) is 41.1 Å². The summed E-state index contributed by atoms with van der Waals surface area (Å²) in [6, 6.07) is 5.98. The number of anilines is 1. The van der Waals surface area contributed by atoms with E-state index in [1.54, 1.807) is 0 Å². The van der Waals surface area contributed by atoms with Crippen LogP contribution in [0.15, 0.2) is 18.2 Å². The summed E-state index contributed by atoms with van der Waals surface area (Å²) >= 11 is 0. The molecule has 1 saturated carbocycles. The molecule has 0 saturated heterocycles. The van der Waals surface area contributed by atoms with Gasteiger partial charge >= 0.3 is 0 Å². The number of benzene rings is 1. The Kier molecular flexibility index (Phi) is 4.69. The molecule has 0 unspecified atom stereocenters.